The number of halogens is 2. The predicted octanol–water partition coefficient (Wildman–Crippen LogP) is 4.38. The van der Waals surface area contributed by atoms with Gasteiger partial charge in [-0.2, -0.15) is 0 Å². The summed E-state index contributed by atoms with van der Waals surface area (Å²) >= 11 is 5.93. The van der Waals surface area contributed by atoms with Crippen molar-refractivity contribution in [2.45, 2.75) is 13.5 Å². The lowest BCUT2D eigenvalue weighted by Gasteiger charge is -2.11. The van der Waals surface area contributed by atoms with Gasteiger partial charge in [0.05, 0.1) is 7.11 Å². The fourth-order valence-electron chi connectivity index (χ4n) is 1.68. The number of hydrogen-bond acceptors (Lipinski definition) is 2. The highest BCUT2D eigenvalue weighted by molar-refractivity contribution is 6.30. The molecule has 0 N–H and O–H groups in total. The van der Waals surface area contributed by atoms with Gasteiger partial charge < -0.3 is 9.47 Å². The van der Waals surface area contributed by atoms with Gasteiger partial charge in [-0.15, -0.1) is 0 Å². The van der Waals surface area contributed by atoms with E-state index in [0.717, 1.165) is 5.56 Å². The van der Waals surface area contributed by atoms with E-state index in [4.69, 9.17) is 21.1 Å². The van der Waals surface area contributed by atoms with E-state index in [1.807, 2.05) is 0 Å². The fraction of sp³-hybridized carbons (Fsp3) is 0.200. The molecule has 0 heterocycles. The Hall–Kier alpha value is -1.74. The second-order valence-corrected chi connectivity index (χ2v) is 4.59. The highest BCUT2D eigenvalue weighted by atomic mass is 35.5. The third kappa shape index (κ3) is 3.38. The summed E-state index contributed by atoms with van der Waals surface area (Å²) in [4.78, 5) is 0. The van der Waals surface area contributed by atoms with Gasteiger partial charge in [-0.3, -0.25) is 0 Å². The summed E-state index contributed by atoms with van der Waals surface area (Å²) in [5.74, 6) is 0.887. The topological polar surface area (TPSA) is 18.5 Å². The van der Waals surface area contributed by atoms with E-state index < -0.39 is 0 Å². The van der Waals surface area contributed by atoms with Gasteiger partial charge >= 0.3 is 0 Å². The zero-order valence-electron chi connectivity index (χ0n) is 10.7. The molecular weight excluding hydrogens is 267 g/mol. The molecule has 0 bridgehead atoms. The van der Waals surface area contributed by atoms with E-state index in [1.54, 1.807) is 44.4 Å². The van der Waals surface area contributed by atoms with Crippen molar-refractivity contribution >= 4 is 11.6 Å². The molecule has 0 unspecified atom stereocenters. The van der Waals surface area contributed by atoms with Crippen molar-refractivity contribution in [3.05, 3.63) is 58.4 Å². The highest BCUT2D eigenvalue weighted by Crippen LogP contribution is 2.24. The van der Waals surface area contributed by atoms with Crippen LogP contribution in [0.15, 0.2) is 36.4 Å². The van der Waals surface area contributed by atoms with Gasteiger partial charge in [0.25, 0.3) is 0 Å². The van der Waals surface area contributed by atoms with Crippen LogP contribution in [-0.2, 0) is 6.61 Å². The van der Waals surface area contributed by atoms with Crippen molar-refractivity contribution in [3.8, 4) is 11.5 Å². The highest BCUT2D eigenvalue weighted by Gasteiger charge is 2.06. The van der Waals surface area contributed by atoms with E-state index in [2.05, 4.69) is 0 Å². The summed E-state index contributed by atoms with van der Waals surface area (Å²) in [6.07, 6.45) is 0. The van der Waals surface area contributed by atoms with Crippen molar-refractivity contribution < 1.29 is 13.9 Å². The molecular formula is C15H14ClFO2. The van der Waals surface area contributed by atoms with E-state index in [9.17, 15) is 4.39 Å². The maximum absolute atomic E-state index is 13.4. The monoisotopic (exact) mass is 280 g/mol. The van der Waals surface area contributed by atoms with Gasteiger partial charge in [0.1, 0.15) is 23.9 Å². The van der Waals surface area contributed by atoms with Gasteiger partial charge in [-0.25, -0.2) is 4.39 Å². The smallest absolute Gasteiger partial charge is 0.129 e. The molecule has 2 aromatic rings. The molecule has 2 nitrogen and oxygen atoms in total. The Labute approximate surface area is 116 Å². The van der Waals surface area contributed by atoms with Gasteiger partial charge in [0.2, 0.25) is 0 Å². The Bertz CT molecular complexity index is 584. The third-order valence-electron chi connectivity index (χ3n) is 2.78. The molecule has 0 saturated carbocycles. The quantitative estimate of drug-likeness (QED) is 0.828. The third-order valence-corrected chi connectivity index (χ3v) is 3.02. The summed E-state index contributed by atoms with van der Waals surface area (Å²) in [5, 5.41) is 0.606. The molecule has 0 aliphatic heterocycles. The van der Waals surface area contributed by atoms with Crippen molar-refractivity contribution in [2.24, 2.45) is 0 Å². The molecule has 2 rings (SSSR count). The molecule has 0 fully saturated rings. The Kier molecular flexibility index (Phi) is 4.27. The van der Waals surface area contributed by atoms with Crippen LogP contribution in [0.2, 0.25) is 5.02 Å². The first-order chi connectivity index (χ1) is 9.10. The van der Waals surface area contributed by atoms with Crippen LogP contribution in [0.25, 0.3) is 0 Å². The van der Waals surface area contributed by atoms with Crippen LogP contribution in [-0.4, -0.2) is 7.11 Å². The Balaban J connectivity index is 2.13. The van der Waals surface area contributed by atoms with E-state index in [0.29, 0.717) is 22.1 Å². The SMILES string of the molecule is COc1ccc(Cl)cc1COc1ccc(C)c(F)c1. The molecule has 4 heteroatoms. The Morgan fingerprint density at radius 2 is 1.95 bits per heavy atom. The van der Waals surface area contributed by atoms with E-state index >= 15 is 0 Å². The van der Waals surface area contributed by atoms with Crippen LogP contribution in [0.4, 0.5) is 4.39 Å². The zero-order valence-corrected chi connectivity index (χ0v) is 11.5. The van der Waals surface area contributed by atoms with Crippen LogP contribution in [0, 0.1) is 12.7 Å². The second-order valence-electron chi connectivity index (χ2n) is 4.16. The average molecular weight is 281 g/mol. The van der Waals surface area contributed by atoms with E-state index in [-0.39, 0.29) is 12.4 Å². The summed E-state index contributed by atoms with van der Waals surface area (Å²) in [7, 11) is 1.58. The standard InChI is InChI=1S/C15H14ClFO2/c1-10-3-5-13(8-14(10)17)19-9-11-7-12(16)4-6-15(11)18-2/h3-8H,9H2,1-2H3. The van der Waals surface area contributed by atoms with Crippen LogP contribution >= 0.6 is 11.6 Å². The average Bonchev–Trinajstić information content (AvgIpc) is 2.40. The van der Waals surface area contributed by atoms with Crippen LogP contribution in [0.1, 0.15) is 11.1 Å². The van der Waals surface area contributed by atoms with Gasteiger partial charge in [-0.05, 0) is 36.8 Å². The lowest BCUT2D eigenvalue weighted by Crippen LogP contribution is -1.99. The predicted molar refractivity (Wildman–Crippen MR) is 73.5 cm³/mol. The first kappa shape index (κ1) is 13.7. The van der Waals surface area contributed by atoms with Crippen molar-refractivity contribution in [1.29, 1.82) is 0 Å². The van der Waals surface area contributed by atoms with Crippen LogP contribution in [0.3, 0.4) is 0 Å². The first-order valence-corrected chi connectivity index (χ1v) is 6.19. The minimum atomic E-state index is -0.282. The maximum Gasteiger partial charge on any atom is 0.129 e. The minimum Gasteiger partial charge on any atom is -0.496 e. The summed E-state index contributed by atoms with van der Waals surface area (Å²) in [6, 6.07) is 10.1. The Morgan fingerprint density at radius 3 is 2.63 bits per heavy atom. The van der Waals surface area contributed by atoms with Crippen molar-refractivity contribution in [2.75, 3.05) is 7.11 Å². The van der Waals surface area contributed by atoms with E-state index in [1.165, 1.54) is 6.07 Å². The molecule has 0 aliphatic rings. The molecule has 0 radical (unpaired) electrons. The number of ether oxygens (including phenoxy) is 2. The largest absolute Gasteiger partial charge is 0.496 e. The summed E-state index contributed by atoms with van der Waals surface area (Å²) in [6.45, 7) is 1.98. The molecule has 0 amide bonds. The molecule has 0 aliphatic carbocycles. The molecule has 19 heavy (non-hydrogen) atoms. The van der Waals surface area contributed by atoms with Gasteiger partial charge in [0, 0.05) is 16.7 Å². The van der Waals surface area contributed by atoms with Crippen LogP contribution < -0.4 is 9.47 Å². The van der Waals surface area contributed by atoms with Crippen LogP contribution in [0.5, 0.6) is 11.5 Å². The lowest BCUT2D eigenvalue weighted by molar-refractivity contribution is 0.295. The van der Waals surface area contributed by atoms with Gasteiger partial charge in [-0.1, -0.05) is 17.7 Å². The molecule has 0 aromatic heterocycles. The fourth-order valence-corrected chi connectivity index (χ4v) is 1.88. The minimum absolute atomic E-state index is 0.270. The molecule has 0 atom stereocenters. The molecule has 2 aromatic carbocycles. The first-order valence-electron chi connectivity index (χ1n) is 5.81. The molecule has 0 saturated heterocycles. The lowest BCUT2D eigenvalue weighted by atomic mass is 10.2. The number of rotatable bonds is 4. The summed E-state index contributed by atoms with van der Waals surface area (Å²) < 4.78 is 24.2. The summed E-state index contributed by atoms with van der Waals surface area (Å²) in [5.41, 5.74) is 1.41. The van der Waals surface area contributed by atoms with Crippen molar-refractivity contribution in [3.63, 3.8) is 0 Å². The molecule has 0 spiro atoms. The van der Waals surface area contributed by atoms with Gasteiger partial charge in [0.15, 0.2) is 0 Å². The number of aryl methyl sites for hydroxylation is 1. The molecule has 100 valence electrons. The number of benzene rings is 2. The number of methoxy groups -OCH3 is 1. The zero-order chi connectivity index (χ0) is 13.8. The van der Waals surface area contributed by atoms with Crippen molar-refractivity contribution in [1.82, 2.24) is 0 Å². The number of hydrogen-bond donors (Lipinski definition) is 0. The second kappa shape index (κ2) is 5.93. The maximum atomic E-state index is 13.4. The normalized spacial score (nSPS) is 10.3. The Morgan fingerprint density at radius 1 is 1.16 bits per heavy atom.